The summed E-state index contributed by atoms with van der Waals surface area (Å²) in [6, 6.07) is 2.94. The number of carboxylic acid groups (broad SMARTS) is 3. The number of guanidine groups is 1. The number of benzene rings is 1. The Morgan fingerprint density at radius 1 is 0.775 bits per heavy atom. The van der Waals surface area contributed by atoms with E-state index in [0.717, 1.165) is 0 Å². The van der Waals surface area contributed by atoms with Gasteiger partial charge < -0.3 is 48.5 Å². The first-order valence-electron chi connectivity index (χ1n) is 12.2. The highest BCUT2D eigenvalue weighted by Gasteiger charge is 2.31. The third kappa shape index (κ3) is 13.2. The second-order valence-electron chi connectivity index (χ2n) is 8.80. The highest BCUT2D eigenvalue weighted by atomic mass is 16.4. The van der Waals surface area contributed by atoms with E-state index in [1.807, 2.05) is 0 Å². The zero-order chi connectivity index (χ0) is 30.2. The molecule has 1 aromatic rings. The number of nitrogens with two attached hydrogens (primary N) is 3. The van der Waals surface area contributed by atoms with Gasteiger partial charge in [0.05, 0.1) is 12.5 Å². The van der Waals surface area contributed by atoms with Gasteiger partial charge in [0, 0.05) is 19.4 Å². The summed E-state index contributed by atoms with van der Waals surface area (Å²) in [5.74, 6) is -7.01. The first kappa shape index (κ1) is 33.3. The lowest BCUT2D eigenvalue weighted by molar-refractivity contribution is -0.147. The minimum atomic E-state index is -1.77. The maximum atomic E-state index is 13.3. The molecule has 0 heterocycles. The minimum Gasteiger partial charge on any atom is -0.481 e. The molecule has 40 heavy (non-hydrogen) atoms. The fraction of sp³-hybridized carbons (Fsp3) is 0.458. The van der Waals surface area contributed by atoms with Crippen LogP contribution >= 0.6 is 0 Å². The van der Waals surface area contributed by atoms with Crippen molar-refractivity contribution in [1.82, 2.24) is 16.0 Å². The van der Waals surface area contributed by atoms with Gasteiger partial charge >= 0.3 is 17.9 Å². The zero-order valence-electron chi connectivity index (χ0n) is 21.6. The Morgan fingerprint density at radius 2 is 1.35 bits per heavy atom. The summed E-state index contributed by atoms with van der Waals surface area (Å²) in [5, 5.41) is 34.1. The van der Waals surface area contributed by atoms with Crippen LogP contribution in [0.2, 0.25) is 0 Å². The number of hydrogen-bond acceptors (Lipinski definition) is 8. The van der Waals surface area contributed by atoms with E-state index in [4.69, 9.17) is 27.4 Å². The van der Waals surface area contributed by atoms with Gasteiger partial charge in [-0.15, -0.1) is 0 Å². The van der Waals surface area contributed by atoms with Gasteiger partial charge in [0.15, 0.2) is 5.96 Å². The average Bonchev–Trinajstić information content (AvgIpc) is 2.87. The molecular formula is C24H35N7O9. The second-order valence-corrected chi connectivity index (χ2v) is 8.80. The van der Waals surface area contributed by atoms with Gasteiger partial charge in [-0.2, -0.15) is 0 Å². The van der Waals surface area contributed by atoms with Crippen molar-refractivity contribution in [3.05, 3.63) is 35.9 Å². The van der Waals surface area contributed by atoms with Gasteiger partial charge in [-0.1, -0.05) is 30.3 Å². The Balaban J connectivity index is 3.15. The molecule has 0 aliphatic heterocycles. The normalized spacial score (nSPS) is 13.5. The molecule has 16 nitrogen and oxygen atoms in total. The van der Waals surface area contributed by atoms with Gasteiger partial charge in [-0.05, 0) is 24.8 Å². The van der Waals surface area contributed by atoms with Crippen LogP contribution in [-0.2, 0) is 35.2 Å². The molecule has 4 atom stereocenters. The molecule has 3 amide bonds. The molecule has 12 N–H and O–H groups in total. The van der Waals surface area contributed by atoms with E-state index in [2.05, 4.69) is 20.9 Å². The van der Waals surface area contributed by atoms with Gasteiger partial charge in [0.25, 0.3) is 0 Å². The average molecular weight is 566 g/mol. The topological polar surface area (TPSA) is 290 Å². The van der Waals surface area contributed by atoms with Crippen LogP contribution in [0.25, 0.3) is 0 Å². The third-order valence-electron chi connectivity index (χ3n) is 5.49. The number of carbonyl (C=O) groups is 6. The molecule has 4 unspecified atom stereocenters. The van der Waals surface area contributed by atoms with Gasteiger partial charge in [0.2, 0.25) is 17.7 Å². The molecule has 0 saturated carbocycles. The van der Waals surface area contributed by atoms with Crippen molar-refractivity contribution < 1.29 is 44.1 Å². The summed E-state index contributed by atoms with van der Waals surface area (Å²) in [4.78, 5) is 75.9. The Hall–Kier alpha value is -4.73. The first-order chi connectivity index (χ1) is 18.8. The number of nitrogens with one attached hydrogen (secondary N) is 3. The van der Waals surface area contributed by atoms with E-state index in [1.54, 1.807) is 30.3 Å². The fourth-order valence-electron chi connectivity index (χ4n) is 3.44. The lowest BCUT2D eigenvalue weighted by Crippen LogP contribution is -2.57. The van der Waals surface area contributed by atoms with Crippen LogP contribution in [0, 0.1) is 0 Å². The van der Waals surface area contributed by atoms with Crippen molar-refractivity contribution in [2.45, 2.75) is 62.7 Å². The van der Waals surface area contributed by atoms with E-state index in [-0.39, 0.29) is 44.6 Å². The summed E-state index contributed by atoms with van der Waals surface area (Å²) >= 11 is 0. The van der Waals surface area contributed by atoms with E-state index >= 15 is 0 Å². The Kier molecular flexibility index (Phi) is 14.1. The Labute approximate surface area is 229 Å². The number of carbonyl (C=O) groups excluding carboxylic acids is 3. The number of aliphatic carboxylic acids is 3. The predicted octanol–water partition coefficient (Wildman–Crippen LogP) is -2.51. The SMILES string of the molecule is NC(N)=NCCCC(NC(=O)C(Cc1ccccc1)NC(=O)C(N)CCC(=O)O)C(=O)NC(CC(=O)O)C(=O)O. The predicted molar refractivity (Wildman–Crippen MR) is 141 cm³/mol. The molecule has 1 aromatic carbocycles. The van der Waals surface area contributed by atoms with Crippen LogP contribution in [-0.4, -0.2) is 87.6 Å². The molecular weight excluding hydrogens is 530 g/mol. The van der Waals surface area contributed by atoms with E-state index in [1.165, 1.54) is 0 Å². The van der Waals surface area contributed by atoms with Crippen LogP contribution in [0.3, 0.4) is 0 Å². The summed E-state index contributed by atoms with van der Waals surface area (Å²) in [6.45, 7) is 0.0715. The van der Waals surface area contributed by atoms with Crippen LogP contribution in [0.4, 0.5) is 0 Å². The van der Waals surface area contributed by atoms with E-state index in [0.29, 0.717) is 5.56 Å². The number of hydrogen-bond donors (Lipinski definition) is 9. The molecule has 1 rings (SSSR count). The van der Waals surface area contributed by atoms with Crippen molar-refractivity contribution >= 4 is 41.6 Å². The fourth-order valence-corrected chi connectivity index (χ4v) is 3.44. The maximum absolute atomic E-state index is 13.3. The molecule has 0 bridgehead atoms. The van der Waals surface area contributed by atoms with Crippen molar-refractivity contribution in [2.75, 3.05) is 6.54 Å². The molecule has 0 radical (unpaired) electrons. The van der Waals surface area contributed by atoms with Crippen LogP contribution < -0.4 is 33.2 Å². The Bertz CT molecular complexity index is 1080. The molecule has 0 aromatic heterocycles. The third-order valence-corrected chi connectivity index (χ3v) is 5.49. The standard InChI is InChI=1S/C24H35N7O9/c25-14(8-9-18(32)33)20(36)30-16(11-13-5-2-1-3-6-13)22(38)29-15(7-4-10-28-24(26)27)21(37)31-17(23(39)40)12-19(34)35/h1-3,5-6,14-17H,4,7-12,25H2,(H,29,38)(H,30,36)(H,31,37)(H,32,33)(H,34,35)(H,39,40)(H4,26,27,28). The molecule has 0 aliphatic carbocycles. The van der Waals surface area contributed by atoms with Crippen LogP contribution in [0.5, 0.6) is 0 Å². The monoisotopic (exact) mass is 565 g/mol. The number of nitrogens with zero attached hydrogens (tertiary/aromatic N) is 1. The summed E-state index contributed by atoms with van der Waals surface area (Å²) in [5.41, 5.74) is 17.0. The highest BCUT2D eigenvalue weighted by molar-refractivity contribution is 5.94. The lowest BCUT2D eigenvalue weighted by atomic mass is 10.0. The molecule has 0 aliphatic rings. The van der Waals surface area contributed by atoms with Gasteiger partial charge in [-0.25, -0.2) is 4.79 Å². The molecule has 220 valence electrons. The second kappa shape index (κ2) is 17.0. The van der Waals surface area contributed by atoms with Crippen molar-refractivity contribution in [1.29, 1.82) is 0 Å². The lowest BCUT2D eigenvalue weighted by Gasteiger charge is -2.25. The minimum absolute atomic E-state index is 0.0246. The molecule has 0 spiro atoms. The summed E-state index contributed by atoms with van der Waals surface area (Å²) in [6.07, 6.45) is -1.39. The number of rotatable bonds is 18. The largest absolute Gasteiger partial charge is 0.481 e. The van der Waals surface area contributed by atoms with Crippen molar-refractivity contribution in [2.24, 2.45) is 22.2 Å². The molecule has 0 fully saturated rings. The smallest absolute Gasteiger partial charge is 0.326 e. The Morgan fingerprint density at radius 3 is 1.90 bits per heavy atom. The van der Waals surface area contributed by atoms with Gasteiger partial charge in [0.1, 0.15) is 18.1 Å². The summed E-state index contributed by atoms with van der Waals surface area (Å²) in [7, 11) is 0. The quantitative estimate of drug-likeness (QED) is 0.0506. The summed E-state index contributed by atoms with van der Waals surface area (Å²) < 4.78 is 0. The van der Waals surface area contributed by atoms with Crippen molar-refractivity contribution in [3.8, 4) is 0 Å². The number of aliphatic imine (C=N–C) groups is 1. The number of carboxylic acids is 3. The first-order valence-corrected chi connectivity index (χ1v) is 12.2. The van der Waals surface area contributed by atoms with Crippen molar-refractivity contribution in [3.63, 3.8) is 0 Å². The molecule has 0 saturated heterocycles. The molecule has 16 heteroatoms. The number of amides is 3. The van der Waals surface area contributed by atoms with E-state index < -0.39 is 66.2 Å². The van der Waals surface area contributed by atoms with Crippen LogP contribution in [0.1, 0.15) is 37.7 Å². The zero-order valence-corrected chi connectivity index (χ0v) is 21.6. The van der Waals surface area contributed by atoms with Crippen LogP contribution in [0.15, 0.2) is 35.3 Å². The van der Waals surface area contributed by atoms with E-state index in [9.17, 15) is 33.9 Å². The maximum Gasteiger partial charge on any atom is 0.326 e. The highest BCUT2D eigenvalue weighted by Crippen LogP contribution is 2.07. The van der Waals surface area contributed by atoms with Gasteiger partial charge in [-0.3, -0.25) is 29.0 Å².